The molecule has 0 saturated carbocycles. The van der Waals surface area contributed by atoms with Gasteiger partial charge in [0.2, 0.25) is 0 Å². The SMILES string of the molecule is C=C(C)CN=C(NCCCN(CC)c1ccccc1)NCCn1cnnc1CC.I. The summed E-state index contributed by atoms with van der Waals surface area (Å²) in [6.07, 6.45) is 3.69. The van der Waals surface area contributed by atoms with Crippen LogP contribution in [-0.2, 0) is 13.0 Å². The maximum atomic E-state index is 4.62. The first kappa shape index (κ1) is 25.9. The van der Waals surface area contributed by atoms with E-state index in [0.29, 0.717) is 6.54 Å². The van der Waals surface area contributed by atoms with E-state index in [0.717, 1.165) is 62.9 Å². The molecule has 1 heterocycles. The van der Waals surface area contributed by atoms with E-state index in [1.54, 1.807) is 6.33 Å². The van der Waals surface area contributed by atoms with Crippen molar-refractivity contribution in [3.63, 3.8) is 0 Å². The number of halogens is 1. The zero-order chi connectivity index (χ0) is 20.9. The van der Waals surface area contributed by atoms with Gasteiger partial charge in [0.15, 0.2) is 5.96 Å². The highest BCUT2D eigenvalue weighted by Gasteiger charge is 2.05. The van der Waals surface area contributed by atoms with Crippen LogP contribution >= 0.6 is 24.0 Å². The third-order valence-corrected chi connectivity index (χ3v) is 4.56. The van der Waals surface area contributed by atoms with Crippen molar-refractivity contribution in [2.45, 2.75) is 40.2 Å². The Morgan fingerprint density at radius 1 is 1.17 bits per heavy atom. The van der Waals surface area contributed by atoms with Gasteiger partial charge in [0.25, 0.3) is 0 Å². The average Bonchev–Trinajstić information content (AvgIpc) is 3.19. The summed E-state index contributed by atoms with van der Waals surface area (Å²) in [5.41, 5.74) is 2.31. The molecular formula is C22H36IN7. The van der Waals surface area contributed by atoms with Gasteiger partial charge in [-0.25, -0.2) is 4.99 Å². The summed E-state index contributed by atoms with van der Waals surface area (Å²) >= 11 is 0. The lowest BCUT2D eigenvalue weighted by molar-refractivity contribution is 0.629. The number of guanidine groups is 1. The fraction of sp³-hybridized carbons (Fsp3) is 0.500. The highest BCUT2D eigenvalue weighted by atomic mass is 127. The molecule has 1 aromatic carbocycles. The predicted octanol–water partition coefficient (Wildman–Crippen LogP) is 3.49. The van der Waals surface area contributed by atoms with Gasteiger partial charge < -0.3 is 20.1 Å². The molecule has 0 bridgehead atoms. The van der Waals surface area contributed by atoms with Crippen LogP contribution in [0.15, 0.2) is 53.8 Å². The number of hydrogen-bond acceptors (Lipinski definition) is 4. The van der Waals surface area contributed by atoms with E-state index in [4.69, 9.17) is 0 Å². The lowest BCUT2D eigenvalue weighted by atomic mass is 10.2. The van der Waals surface area contributed by atoms with Crippen molar-refractivity contribution in [3.8, 4) is 0 Å². The Labute approximate surface area is 198 Å². The number of aryl methyl sites for hydroxylation is 1. The molecule has 0 fully saturated rings. The first-order valence-corrected chi connectivity index (χ1v) is 10.5. The number of nitrogens with one attached hydrogen (secondary N) is 2. The molecule has 166 valence electrons. The quantitative estimate of drug-likeness (QED) is 0.146. The Morgan fingerprint density at radius 3 is 2.57 bits per heavy atom. The number of aliphatic imine (C=N–C) groups is 1. The second-order valence-corrected chi connectivity index (χ2v) is 7.04. The van der Waals surface area contributed by atoms with E-state index in [9.17, 15) is 0 Å². The third kappa shape index (κ3) is 9.15. The van der Waals surface area contributed by atoms with Crippen LogP contribution in [0.1, 0.15) is 33.0 Å². The summed E-state index contributed by atoms with van der Waals surface area (Å²) < 4.78 is 2.07. The van der Waals surface area contributed by atoms with E-state index < -0.39 is 0 Å². The number of nitrogens with zero attached hydrogens (tertiary/aromatic N) is 5. The molecule has 0 aliphatic carbocycles. The van der Waals surface area contributed by atoms with E-state index in [1.807, 2.05) is 6.92 Å². The molecule has 0 saturated heterocycles. The number of aromatic nitrogens is 3. The fourth-order valence-electron chi connectivity index (χ4n) is 3.01. The highest BCUT2D eigenvalue weighted by Crippen LogP contribution is 2.12. The largest absolute Gasteiger partial charge is 0.372 e. The Kier molecular flexibility index (Phi) is 12.8. The van der Waals surface area contributed by atoms with Gasteiger partial charge in [0.05, 0.1) is 6.54 Å². The number of hydrogen-bond donors (Lipinski definition) is 2. The average molecular weight is 525 g/mol. The van der Waals surface area contributed by atoms with Crippen molar-refractivity contribution in [2.75, 3.05) is 37.6 Å². The summed E-state index contributed by atoms with van der Waals surface area (Å²) in [5, 5.41) is 15.0. The molecule has 7 nitrogen and oxygen atoms in total. The minimum Gasteiger partial charge on any atom is -0.372 e. The van der Waals surface area contributed by atoms with Gasteiger partial charge in [-0.2, -0.15) is 0 Å². The second kappa shape index (κ2) is 14.8. The first-order chi connectivity index (χ1) is 14.1. The topological polar surface area (TPSA) is 70.4 Å². The van der Waals surface area contributed by atoms with Crippen molar-refractivity contribution in [1.29, 1.82) is 0 Å². The molecule has 0 aliphatic rings. The van der Waals surface area contributed by atoms with Crippen molar-refractivity contribution in [2.24, 2.45) is 4.99 Å². The number of rotatable bonds is 12. The standard InChI is InChI=1S/C22H35N7.HI/c1-5-21-27-26-18-29(21)16-14-24-22(25-17-19(3)4)23-13-10-15-28(6-2)20-11-8-7-9-12-20;/h7-9,11-12,18H,3,5-6,10,13-17H2,1-2,4H3,(H2,23,24,25);1H. The van der Waals surface area contributed by atoms with E-state index in [2.05, 4.69) is 86.0 Å². The first-order valence-electron chi connectivity index (χ1n) is 10.5. The maximum absolute atomic E-state index is 4.62. The molecule has 0 aliphatic heterocycles. The third-order valence-electron chi connectivity index (χ3n) is 4.56. The molecule has 2 rings (SSSR count). The van der Waals surface area contributed by atoms with Gasteiger partial charge in [-0.1, -0.05) is 37.3 Å². The molecule has 0 amide bonds. The zero-order valence-electron chi connectivity index (χ0n) is 18.5. The molecule has 0 spiro atoms. The van der Waals surface area contributed by atoms with Crippen LogP contribution in [0.5, 0.6) is 0 Å². The smallest absolute Gasteiger partial charge is 0.191 e. The summed E-state index contributed by atoms with van der Waals surface area (Å²) in [6.45, 7) is 15.3. The Morgan fingerprint density at radius 2 is 1.90 bits per heavy atom. The minimum absolute atomic E-state index is 0. The Hall–Kier alpha value is -2.10. The Balaban J connectivity index is 0.00000450. The van der Waals surface area contributed by atoms with Gasteiger partial charge in [0, 0.05) is 44.8 Å². The molecule has 2 N–H and O–H groups in total. The van der Waals surface area contributed by atoms with Crippen molar-refractivity contribution in [1.82, 2.24) is 25.4 Å². The number of anilines is 1. The molecule has 0 atom stereocenters. The van der Waals surface area contributed by atoms with E-state index in [-0.39, 0.29) is 24.0 Å². The van der Waals surface area contributed by atoms with Crippen LogP contribution < -0.4 is 15.5 Å². The summed E-state index contributed by atoms with van der Waals surface area (Å²) in [7, 11) is 0. The van der Waals surface area contributed by atoms with Crippen molar-refractivity contribution >= 4 is 35.6 Å². The monoisotopic (exact) mass is 525 g/mol. The van der Waals surface area contributed by atoms with Crippen LogP contribution in [0, 0.1) is 0 Å². The van der Waals surface area contributed by atoms with Gasteiger partial charge in [0.1, 0.15) is 12.2 Å². The summed E-state index contributed by atoms with van der Waals surface area (Å²) in [5.74, 6) is 1.82. The summed E-state index contributed by atoms with van der Waals surface area (Å²) in [6, 6.07) is 10.5. The molecule has 30 heavy (non-hydrogen) atoms. The van der Waals surface area contributed by atoms with Crippen LogP contribution in [-0.4, -0.2) is 53.4 Å². The second-order valence-electron chi connectivity index (χ2n) is 7.04. The lowest BCUT2D eigenvalue weighted by Gasteiger charge is -2.23. The van der Waals surface area contributed by atoms with Crippen molar-refractivity contribution < 1.29 is 0 Å². The van der Waals surface area contributed by atoms with Crippen LogP contribution in [0.3, 0.4) is 0 Å². The zero-order valence-corrected chi connectivity index (χ0v) is 20.8. The molecular weight excluding hydrogens is 489 g/mol. The van der Waals surface area contributed by atoms with E-state index >= 15 is 0 Å². The Bertz CT molecular complexity index is 758. The molecule has 0 unspecified atom stereocenters. The highest BCUT2D eigenvalue weighted by molar-refractivity contribution is 14.0. The molecule has 8 heteroatoms. The number of benzene rings is 1. The van der Waals surface area contributed by atoms with Gasteiger partial charge in [-0.3, -0.25) is 0 Å². The van der Waals surface area contributed by atoms with Crippen LogP contribution in [0.2, 0.25) is 0 Å². The van der Waals surface area contributed by atoms with Crippen molar-refractivity contribution in [3.05, 3.63) is 54.6 Å². The number of para-hydroxylation sites is 1. The lowest BCUT2D eigenvalue weighted by Crippen LogP contribution is -2.40. The van der Waals surface area contributed by atoms with E-state index in [1.165, 1.54) is 5.69 Å². The van der Waals surface area contributed by atoms with Crippen LogP contribution in [0.25, 0.3) is 0 Å². The van der Waals surface area contributed by atoms with Crippen LogP contribution in [0.4, 0.5) is 5.69 Å². The summed E-state index contributed by atoms with van der Waals surface area (Å²) in [4.78, 5) is 7.01. The molecule has 0 radical (unpaired) electrons. The van der Waals surface area contributed by atoms with Gasteiger partial charge >= 0.3 is 0 Å². The normalized spacial score (nSPS) is 11.0. The fourth-order valence-corrected chi connectivity index (χ4v) is 3.01. The molecule has 1 aromatic heterocycles. The van der Waals surface area contributed by atoms with Gasteiger partial charge in [-0.05, 0) is 32.4 Å². The minimum atomic E-state index is 0. The van der Waals surface area contributed by atoms with Gasteiger partial charge in [-0.15, -0.1) is 34.2 Å². The molecule has 2 aromatic rings. The maximum Gasteiger partial charge on any atom is 0.191 e. The predicted molar refractivity (Wildman–Crippen MR) is 137 cm³/mol.